The van der Waals surface area contributed by atoms with Gasteiger partial charge in [0.1, 0.15) is 4.90 Å². The summed E-state index contributed by atoms with van der Waals surface area (Å²) in [6, 6.07) is 2.85. The summed E-state index contributed by atoms with van der Waals surface area (Å²) in [5.74, 6) is 0.277. The van der Waals surface area contributed by atoms with Crippen molar-refractivity contribution >= 4 is 37.2 Å². The summed E-state index contributed by atoms with van der Waals surface area (Å²) in [6.45, 7) is 5.10. The van der Waals surface area contributed by atoms with Gasteiger partial charge in [-0.2, -0.15) is 0 Å². The summed E-state index contributed by atoms with van der Waals surface area (Å²) in [5, 5.41) is 0.0614. The Bertz CT molecular complexity index is 658. The molecule has 1 heterocycles. The van der Waals surface area contributed by atoms with Gasteiger partial charge in [0.05, 0.1) is 5.02 Å². The van der Waals surface area contributed by atoms with Crippen LogP contribution in [0.4, 0.5) is 0 Å². The molecule has 1 aromatic rings. The van der Waals surface area contributed by atoms with Gasteiger partial charge < -0.3 is 4.90 Å². The number of hydrogen-bond donors (Lipinski definition) is 0. The summed E-state index contributed by atoms with van der Waals surface area (Å²) < 4.78 is 23.0. The van der Waals surface area contributed by atoms with Gasteiger partial charge in [0.2, 0.25) is 0 Å². The second kappa shape index (κ2) is 5.54. The number of benzene rings is 1. The van der Waals surface area contributed by atoms with Gasteiger partial charge in [0.25, 0.3) is 15.0 Å². The molecule has 1 amide bonds. The first-order valence-electron chi connectivity index (χ1n) is 6.24. The first kappa shape index (κ1) is 15.6. The maximum absolute atomic E-state index is 12.4. The van der Waals surface area contributed by atoms with Gasteiger partial charge >= 0.3 is 0 Å². The first-order chi connectivity index (χ1) is 9.20. The average Bonchev–Trinajstić information content (AvgIpc) is 2.76. The van der Waals surface area contributed by atoms with E-state index in [1.807, 2.05) is 0 Å². The molecule has 4 nitrogen and oxygen atoms in total. The quantitative estimate of drug-likeness (QED) is 0.780. The SMILES string of the molecule is Cc1cc(C(=O)N2CCC(C)C2)cc(S(=O)(=O)Cl)c1Cl. The second-order valence-electron chi connectivity index (χ2n) is 5.19. The summed E-state index contributed by atoms with van der Waals surface area (Å²) >= 11 is 5.95. The van der Waals surface area contributed by atoms with E-state index >= 15 is 0 Å². The van der Waals surface area contributed by atoms with E-state index in [9.17, 15) is 13.2 Å². The zero-order valence-electron chi connectivity index (χ0n) is 11.2. The lowest BCUT2D eigenvalue weighted by atomic mass is 10.1. The maximum atomic E-state index is 12.4. The van der Waals surface area contributed by atoms with Crippen LogP contribution >= 0.6 is 22.3 Å². The molecule has 1 atom stereocenters. The molecule has 1 aliphatic heterocycles. The van der Waals surface area contributed by atoms with E-state index in [1.54, 1.807) is 17.9 Å². The molecule has 1 aromatic carbocycles. The molecular formula is C13H15Cl2NO3S. The summed E-state index contributed by atoms with van der Waals surface area (Å²) in [7, 11) is 1.38. The minimum absolute atomic E-state index is 0.0614. The zero-order chi connectivity index (χ0) is 15.1. The average molecular weight is 336 g/mol. The molecule has 7 heteroatoms. The molecule has 1 unspecified atom stereocenters. The Morgan fingerprint density at radius 3 is 2.55 bits per heavy atom. The van der Waals surface area contributed by atoms with Crippen molar-refractivity contribution in [2.45, 2.75) is 25.2 Å². The lowest BCUT2D eigenvalue weighted by Gasteiger charge is -2.17. The van der Waals surface area contributed by atoms with Crippen molar-refractivity contribution in [3.8, 4) is 0 Å². The van der Waals surface area contributed by atoms with Gasteiger partial charge in [-0.15, -0.1) is 0 Å². The van der Waals surface area contributed by atoms with Crippen molar-refractivity contribution < 1.29 is 13.2 Å². The minimum Gasteiger partial charge on any atom is -0.338 e. The first-order valence-corrected chi connectivity index (χ1v) is 8.93. The van der Waals surface area contributed by atoms with Crippen LogP contribution in [0.25, 0.3) is 0 Å². The van der Waals surface area contributed by atoms with E-state index in [2.05, 4.69) is 6.92 Å². The van der Waals surface area contributed by atoms with Crippen molar-refractivity contribution in [3.63, 3.8) is 0 Å². The van der Waals surface area contributed by atoms with Crippen LogP contribution in [-0.2, 0) is 9.05 Å². The van der Waals surface area contributed by atoms with Gasteiger partial charge in [-0.1, -0.05) is 18.5 Å². The number of nitrogens with zero attached hydrogens (tertiary/aromatic N) is 1. The lowest BCUT2D eigenvalue weighted by Crippen LogP contribution is -2.28. The largest absolute Gasteiger partial charge is 0.338 e. The molecule has 110 valence electrons. The van der Waals surface area contributed by atoms with Crippen LogP contribution in [0.1, 0.15) is 29.3 Å². The fourth-order valence-electron chi connectivity index (χ4n) is 2.34. The van der Waals surface area contributed by atoms with Crippen molar-refractivity contribution in [2.75, 3.05) is 13.1 Å². The molecule has 0 N–H and O–H groups in total. The Kier molecular flexibility index (Phi) is 4.33. The fraction of sp³-hybridized carbons (Fsp3) is 0.462. The van der Waals surface area contributed by atoms with Crippen molar-refractivity contribution in [1.82, 2.24) is 4.90 Å². The van der Waals surface area contributed by atoms with Crippen LogP contribution in [0.2, 0.25) is 5.02 Å². The third kappa shape index (κ3) is 3.10. The molecule has 0 spiro atoms. The summed E-state index contributed by atoms with van der Waals surface area (Å²) in [4.78, 5) is 13.9. The molecular weight excluding hydrogens is 321 g/mol. The molecule has 0 bridgehead atoms. The highest BCUT2D eigenvalue weighted by atomic mass is 35.7. The van der Waals surface area contributed by atoms with E-state index in [-0.39, 0.29) is 15.8 Å². The molecule has 1 fully saturated rings. The van der Waals surface area contributed by atoms with Crippen molar-refractivity contribution in [2.24, 2.45) is 5.92 Å². The highest BCUT2D eigenvalue weighted by Gasteiger charge is 2.26. The normalized spacial score (nSPS) is 19.4. The molecule has 0 aromatic heterocycles. The van der Waals surface area contributed by atoms with E-state index in [0.717, 1.165) is 6.42 Å². The summed E-state index contributed by atoms with van der Waals surface area (Å²) in [5.41, 5.74) is 0.823. The number of hydrogen-bond acceptors (Lipinski definition) is 3. The molecule has 1 aliphatic rings. The zero-order valence-corrected chi connectivity index (χ0v) is 13.5. The number of halogens is 2. The van der Waals surface area contributed by atoms with Crippen LogP contribution in [0.3, 0.4) is 0 Å². The third-order valence-corrected chi connectivity index (χ3v) is 5.40. The summed E-state index contributed by atoms with van der Waals surface area (Å²) in [6.07, 6.45) is 0.957. The van der Waals surface area contributed by atoms with E-state index in [4.69, 9.17) is 22.3 Å². The Labute approximate surface area is 128 Å². The number of amides is 1. The molecule has 2 rings (SSSR count). The van der Waals surface area contributed by atoms with Crippen LogP contribution < -0.4 is 0 Å². The third-order valence-electron chi connectivity index (χ3n) is 3.44. The lowest BCUT2D eigenvalue weighted by molar-refractivity contribution is 0.0788. The Balaban J connectivity index is 2.43. The van der Waals surface area contributed by atoms with Crippen molar-refractivity contribution in [3.05, 3.63) is 28.3 Å². The standard InChI is InChI=1S/C13H15Cl2NO3S/c1-8-3-4-16(7-8)13(17)10-5-9(2)12(14)11(6-10)20(15,18)19/h5-6,8H,3-4,7H2,1-2H3. The van der Waals surface area contributed by atoms with Crippen LogP contribution in [-0.4, -0.2) is 32.3 Å². The van der Waals surface area contributed by atoms with Gasteiger partial charge in [-0.3, -0.25) is 4.79 Å². The molecule has 1 saturated heterocycles. The molecule has 0 radical (unpaired) electrons. The maximum Gasteiger partial charge on any atom is 0.262 e. The number of likely N-dealkylation sites (tertiary alicyclic amines) is 1. The van der Waals surface area contributed by atoms with Crippen LogP contribution in [0.15, 0.2) is 17.0 Å². The highest BCUT2D eigenvalue weighted by Crippen LogP contribution is 2.30. The number of carbonyl (C=O) groups is 1. The van der Waals surface area contributed by atoms with Crippen LogP contribution in [0.5, 0.6) is 0 Å². The molecule has 0 saturated carbocycles. The number of aryl methyl sites for hydroxylation is 1. The highest BCUT2D eigenvalue weighted by molar-refractivity contribution is 8.13. The van der Waals surface area contributed by atoms with Crippen LogP contribution in [0, 0.1) is 12.8 Å². The molecule has 20 heavy (non-hydrogen) atoms. The Morgan fingerprint density at radius 2 is 2.05 bits per heavy atom. The predicted molar refractivity (Wildman–Crippen MR) is 78.9 cm³/mol. The van der Waals surface area contributed by atoms with E-state index in [0.29, 0.717) is 30.1 Å². The van der Waals surface area contributed by atoms with Gasteiger partial charge in [0.15, 0.2) is 0 Å². The topological polar surface area (TPSA) is 54.5 Å². The number of carbonyl (C=O) groups excluding carboxylic acids is 1. The van der Waals surface area contributed by atoms with E-state index in [1.165, 1.54) is 6.07 Å². The second-order valence-corrected chi connectivity index (χ2v) is 8.10. The van der Waals surface area contributed by atoms with E-state index < -0.39 is 9.05 Å². The minimum atomic E-state index is -3.98. The predicted octanol–water partition coefficient (Wildman–Crippen LogP) is 3.06. The number of rotatable bonds is 2. The smallest absolute Gasteiger partial charge is 0.262 e. The van der Waals surface area contributed by atoms with Gasteiger partial charge in [-0.05, 0) is 37.0 Å². The van der Waals surface area contributed by atoms with Gasteiger partial charge in [0, 0.05) is 29.3 Å². The monoisotopic (exact) mass is 335 g/mol. The Morgan fingerprint density at radius 1 is 1.40 bits per heavy atom. The van der Waals surface area contributed by atoms with Gasteiger partial charge in [-0.25, -0.2) is 8.42 Å². The molecule has 0 aliphatic carbocycles. The fourth-order valence-corrected chi connectivity index (χ4v) is 3.88. The van der Waals surface area contributed by atoms with Crippen molar-refractivity contribution in [1.29, 1.82) is 0 Å². The Hall–Kier alpha value is -0.780.